The highest BCUT2D eigenvalue weighted by Crippen LogP contribution is 2.42. The molecule has 2 N–H and O–H groups in total. The summed E-state index contributed by atoms with van der Waals surface area (Å²) in [5, 5.41) is 4.16. The molecular formula is C27H34N4O3S2. The maximum absolute atomic E-state index is 12.7. The van der Waals surface area contributed by atoms with Gasteiger partial charge in [0.1, 0.15) is 10.8 Å². The van der Waals surface area contributed by atoms with Crippen molar-refractivity contribution >= 4 is 27.0 Å². The number of nitrogens with one attached hydrogen (secondary N) is 2. The Morgan fingerprint density at radius 1 is 1.22 bits per heavy atom. The van der Waals surface area contributed by atoms with E-state index in [0.717, 1.165) is 63.9 Å². The Balaban J connectivity index is 1.35. The number of ether oxygens (including phenoxy) is 1. The van der Waals surface area contributed by atoms with Crippen molar-refractivity contribution in [3.05, 3.63) is 53.7 Å². The highest BCUT2D eigenvalue weighted by atomic mass is 32.2. The Kier molecular flexibility index (Phi) is 7.35. The normalized spacial score (nSPS) is 17.7. The summed E-state index contributed by atoms with van der Waals surface area (Å²) in [6, 6.07) is 12.1. The molecule has 5 rings (SSSR count). The van der Waals surface area contributed by atoms with E-state index in [4.69, 9.17) is 9.72 Å². The molecule has 192 valence electrons. The van der Waals surface area contributed by atoms with E-state index in [-0.39, 0.29) is 17.9 Å². The minimum absolute atomic E-state index is 0.100. The van der Waals surface area contributed by atoms with Gasteiger partial charge in [0.05, 0.1) is 22.4 Å². The van der Waals surface area contributed by atoms with Crippen LogP contribution in [0.4, 0.5) is 5.69 Å². The van der Waals surface area contributed by atoms with Gasteiger partial charge in [0, 0.05) is 31.4 Å². The van der Waals surface area contributed by atoms with Gasteiger partial charge in [-0.15, -0.1) is 11.3 Å². The summed E-state index contributed by atoms with van der Waals surface area (Å²) in [6.45, 7) is 6.66. The number of benzene rings is 2. The number of likely N-dealkylation sites (tertiary alicyclic amines) is 1. The van der Waals surface area contributed by atoms with E-state index in [1.54, 1.807) is 11.3 Å². The number of nitrogens with zero attached hydrogens (tertiary/aromatic N) is 2. The van der Waals surface area contributed by atoms with Crippen LogP contribution in [0.2, 0.25) is 0 Å². The molecule has 2 heterocycles. The minimum Gasteiger partial charge on any atom is -0.489 e. The first-order valence-electron chi connectivity index (χ1n) is 12.6. The number of hydrogen-bond acceptors (Lipinski definition) is 7. The first-order valence-corrected chi connectivity index (χ1v) is 15.1. The Labute approximate surface area is 218 Å². The average molecular weight is 527 g/mol. The second-order valence-electron chi connectivity index (χ2n) is 9.75. The summed E-state index contributed by atoms with van der Waals surface area (Å²) in [7, 11) is -1.43. The van der Waals surface area contributed by atoms with Gasteiger partial charge in [0.25, 0.3) is 0 Å². The first kappa shape index (κ1) is 25.2. The largest absolute Gasteiger partial charge is 0.489 e. The monoisotopic (exact) mass is 526 g/mol. The summed E-state index contributed by atoms with van der Waals surface area (Å²) in [5.74, 6) is 0.985. The van der Waals surface area contributed by atoms with Crippen molar-refractivity contribution in [1.29, 1.82) is 0 Å². The number of rotatable bonds is 10. The van der Waals surface area contributed by atoms with E-state index in [1.165, 1.54) is 12.0 Å². The molecule has 7 nitrogen and oxygen atoms in total. The third-order valence-electron chi connectivity index (χ3n) is 6.85. The molecule has 0 spiro atoms. The zero-order chi connectivity index (χ0) is 25.3. The third kappa shape index (κ3) is 5.44. The highest BCUT2D eigenvalue weighted by molar-refractivity contribution is 7.89. The van der Waals surface area contributed by atoms with Crippen LogP contribution in [-0.2, 0) is 16.4 Å². The van der Waals surface area contributed by atoms with Crippen LogP contribution in [0, 0.1) is 0 Å². The van der Waals surface area contributed by atoms with E-state index >= 15 is 0 Å². The molecule has 2 aliphatic rings. The Bertz CT molecular complexity index is 1330. The second-order valence-corrected chi connectivity index (χ2v) is 12.7. The van der Waals surface area contributed by atoms with Crippen LogP contribution in [0.25, 0.3) is 21.0 Å². The lowest BCUT2D eigenvalue weighted by atomic mass is 10.0. The van der Waals surface area contributed by atoms with Gasteiger partial charge in [-0.1, -0.05) is 18.2 Å². The minimum atomic E-state index is -3.32. The van der Waals surface area contributed by atoms with Crippen LogP contribution in [0.1, 0.15) is 43.9 Å². The maximum atomic E-state index is 12.7. The van der Waals surface area contributed by atoms with Crippen molar-refractivity contribution in [2.45, 2.75) is 45.3 Å². The van der Waals surface area contributed by atoms with E-state index in [0.29, 0.717) is 6.54 Å². The van der Waals surface area contributed by atoms with Crippen LogP contribution in [0.5, 0.6) is 5.75 Å². The van der Waals surface area contributed by atoms with Crippen LogP contribution in [-0.4, -0.2) is 56.8 Å². The van der Waals surface area contributed by atoms with Crippen molar-refractivity contribution in [2.24, 2.45) is 0 Å². The van der Waals surface area contributed by atoms with Crippen LogP contribution >= 0.6 is 11.3 Å². The van der Waals surface area contributed by atoms with Gasteiger partial charge in [0.15, 0.2) is 0 Å². The van der Waals surface area contributed by atoms with E-state index in [9.17, 15) is 8.42 Å². The first-order chi connectivity index (χ1) is 17.3. The zero-order valence-corrected chi connectivity index (χ0v) is 22.7. The van der Waals surface area contributed by atoms with Crippen LogP contribution < -0.4 is 14.8 Å². The third-order valence-corrected chi connectivity index (χ3v) is 9.29. The van der Waals surface area contributed by atoms with E-state index in [2.05, 4.69) is 33.1 Å². The van der Waals surface area contributed by atoms with Crippen molar-refractivity contribution in [3.8, 4) is 26.8 Å². The molecule has 0 amide bonds. The smallest absolute Gasteiger partial charge is 0.213 e. The standard InChI is InChI=1S/C27H34N4O3S2/c1-18(2)34-25-11-8-19(16-24(25)28-3)27-29-17-26(35-27)22-7-4-6-21-20(22)9-10-23(21)30-36(32,33)15-14-31-12-5-13-31/h4,6-8,11,16-18,23,28,30H,5,9-10,12-15H2,1-3H3. The number of thiazole rings is 1. The van der Waals surface area contributed by atoms with Crippen molar-refractivity contribution in [3.63, 3.8) is 0 Å². The lowest BCUT2D eigenvalue weighted by Crippen LogP contribution is -2.42. The molecular weight excluding hydrogens is 492 g/mol. The lowest BCUT2D eigenvalue weighted by Gasteiger charge is -2.30. The number of hydrogen-bond donors (Lipinski definition) is 2. The average Bonchev–Trinajstić information content (AvgIpc) is 3.45. The molecule has 1 saturated heterocycles. The van der Waals surface area contributed by atoms with E-state index in [1.807, 2.05) is 45.3 Å². The van der Waals surface area contributed by atoms with Gasteiger partial charge < -0.3 is 15.0 Å². The predicted molar refractivity (Wildman–Crippen MR) is 147 cm³/mol. The summed E-state index contributed by atoms with van der Waals surface area (Å²) < 4.78 is 34.3. The zero-order valence-electron chi connectivity index (χ0n) is 21.1. The molecule has 1 aliphatic heterocycles. The maximum Gasteiger partial charge on any atom is 0.213 e. The Hall–Kier alpha value is -2.46. The molecule has 3 aromatic rings. The van der Waals surface area contributed by atoms with Gasteiger partial charge >= 0.3 is 0 Å². The molecule has 0 bridgehead atoms. The molecule has 1 unspecified atom stereocenters. The van der Waals surface area contributed by atoms with Crippen molar-refractivity contribution in [2.75, 3.05) is 37.8 Å². The fourth-order valence-electron chi connectivity index (χ4n) is 4.89. The molecule has 2 aromatic carbocycles. The molecule has 0 saturated carbocycles. The van der Waals surface area contributed by atoms with Gasteiger partial charge in [-0.05, 0) is 81.1 Å². The van der Waals surface area contributed by atoms with Gasteiger partial charge in [-0.2, -0.15) is 0 Å². The Morgan fingerprint density at radius 2 is 2.06 bits per heavy atom. The summed E-state index contributed by atoms with van der Waals surface area (Å²) in [5.41, 5.74) is 5.42. The van der Waals surface area contributed by atoms with Gasteiger partial charge in [0.2, 0.25) is 10.0 Å². The van der Waals surface area contributed by atoms with Gasteiger partial charge in [-0.3, -0.25) is 0 Å². The molecule has 36 heavy (non-hydrogen) atoms. The van der Waals surface area contributed by atoms with Crippen molar-refractivity contribution in [1.82, 2.24) is 14.6 Å². The summed E-state index contributed by atoms with van der Waals surface area (Å²) in [6.07, 6.45) is 4.83. The summed E-state index contributed by atoms with van der Waals surface area (Å²) in [4.78, 5) is 8.00. The molecule has 0 radical (unpaired) electrons. The van der Waals surface area contributed by atoms with Gasteiger partial charge in [-0.25, -0.2) is 18.1 Å². The quantitative estimate of drug-likeness (QED) is 0.390. The van der Waals surface area contributed by atoms with Crippen molar-refractivity contribution < 1.29 is 13.2 Å². The number of sulfonamides is 1. The topological polar surface area (TPSA) is 83.6 Å². The lowest BCUT2D eigenvalue weighted by molar-refractivity contribution is 0.193. The SMILES string of the molecule is CNc1cc(-c2ncc(-c3cccc4c3CCC4NS(=O)(=O)CCN3CCC3)s2)ccc1OC(C)C. The molecule has 1 atom stereocenters. The second kappa shape index (κ2) is 10.5. The summed E-state index contributed by atoms with van der Waals surface area (Å²) >= 11 is 1.65. The molecule has 1 aromatic heterocycles. The molecule has 1 fully saturated rings. The fourth-order valence-corrected chi connectivity index (χ4v) is 7.14. The molecule has 1 aliphatic carbocycles. The molecule has 9 heteroatoms. The number of fused-ring (bicyclic) bond motifs is 1. The number of anilines is 1. The van der Waals surface area contributed by atoms with E-state index < -0.39 is 10.0 Å². The Morgan fingerprint density at radius 3 is 2.78 bits per heavy atom. The fraction of sp³-hybridized carbons (Fsp3) is 0.444. The van der Waals surface area contributed by atoms with Crippen LogP contribution in [0.15, 0.2) is 42.6 Å². The highest BCUT2D eigenvalue weighted by Gasteiger charge is 2.29. The number of aromatic nitrogens is 1. The van der Waals surface area contributed by atoms with Crippen LogP contribution in [0.3, 0.4) is 0 Å². The predicted octanol–water partition coefficient (Wildman–Crippen LogP) is 4.92.